The first-order valence-corrected chi connectivity index (χ1v) is 8.59. The highest BCUT2D eigenvalue weighted by Crippen LogP contribution is 2.36. The molecule has 0 saturated heterocycles. The van der Waals surface area contributed by atoms with Crippen molar-refractivity contribution in [1.29, 1.82) is 0 Å². The van der Waals surface area contributed by atoms with Crippen molar-refractivity contribution in [2.75, 3.05) is 0 Å². The average molecular weight is 333 g/mol. The van der Waals surface area contributed by atoms with Gasteiger partial charge < -0.3 is 0 Å². The van der Waals surface area contributed by atoms with Gasteiger partial charge in [-0.15, -0.1) is 0 Å². The minimum atomic E-state index is 0.599. The smallest absolute Gasteiger partial charge is 0.234 e. The summed E-state index contributed by atoms with van der Waals surface area (Å²) in [6.45, 7) is 0. The van der Waals surface area contributed by atoms with E-state index in [-0.39, 0.29) is 0 Å². The predicted octanol–water partition coefficient (Wildman–Crippen LogP) is 6.15. The molecule has 4 aromatic carbocycles. The van der Waals surface area contributed by atoms with Gasteiger partial charge >= 0.3 is 0 Å². The quantitative estimate of drug-likeness (QED) is 0.438. The molecule has 26 heavy (non-hydrogen) atoms. The fourth-order valence-electron chi connectivity index (χ4n) is 3.24. The molecule has 0 spiro atoms. The van der Waals surface area contributed by atoms with Crippen LogP contribution in [0.3, 0.4) is 0 Å². The summed E-state index contributed by atoms with van der Waals surface area (Å²) in [5, 5.41) is 0. The molecule has 0 aliphatic carbocycles. The molecular weight excluding hydrogens is 316 g/mol. The van der Waals surface area contributed by atoms with Crippen LogP contribution in [0.4, 0.5) is 0 Å². The molecule has 4 rings (SSSR count). The van der Waals surface area contributed by atoms with E-state index in [1.54, 1.807) is 0 Å². The Kier molecular flexibility index (Phi) is 4.44. The van der Waals surface area contributed by atoms with E-state index in [1.807, 2.05) is 78.9 Å². The first kappa shape index (κ1) is 16.0. The fraction of sp³-hybridized carbons (Fsp3) is 0. The lowest BCUT2D eigenvalue weighted by atomic mass is 9.88. The number of hydrogen-bond donors (Lipinski definition) is 0. The Labute approximate surface area is 153 Å². The molecule has 1 nitrogen and oxygen atoms in total. The van der Waals surface area contributed by atoms with Crippen LogP contribution in [-0.4, -0.2) is 6.29 Å². The fourth-order valence-corrected chi connectivity index (χ4v) is 3.24. The Balaban J connectivity index is 2.03. The Morgan fingerprint density at radius 1 is 0.462 bits per heavy atom. The maximum atomic E-state index is 11.9. The van der Waals surface area contributed by atoms with Gasteiger partial charge in [0.2, 0.25) is 6.29 Å². The van der Waals surface area contributed by atoms with E-state index in [9.17, 15) is 4.79 Å². The summed E-state index contributed by atoms with van der Waals surface area (Å²) in [6, 6.07) is 34.4. The van der Waals surface area contributed by atoms with E-state index >= 15 is 0 Å². The summed E-state index contributed by atoms with van der Waals surface area (Å²) in [5.41, 5.74) is 6.65. The van der Waals surface area contributed by atoms with Crippen LogP contribution < -0.4 is 0 Å². The summed E-state index contributed by atoms with van der Waals surface area (Å²) in [7, 11) is 0. The van der Waals surface area contributed by atoms with Crippen molar-refractivity contribution < 1.29 is 4.79 Å². The summed E-state index contributed by atoms with van der Waals surface area (Å²) >= 11 is 0. The number of benzene rings is 4. The summed E-state index contributed by atoms with van der Waals surface area (Å²) < 4.78 is 0. The van der Waals surface area contributed by atoms with Gasteiger partial charge in [0, 0.05) is 5.56 Å². The van der Waals surface area contributed by atoms with E-state index < -0.39 is 0 Å². The van der Waals surface area contributed by atoms with Gasteiger partial charge in [-0.2, -0.15) is 0 Å². The van der Waals surface area contributed by atoms with E-state index in [4.69, 9.17) is 0 Å². The summed E-state index contributed by atoms with van der Waals surface area (Å²) in [6.07, 6.45) is 2.19. The SMILES string of the molecule is O=[C]c1c(-c2ccccc2)cc(-c2ccccc2)cc1-c1ccccc1. The Hall–Kier alpha value is -3.45. The maximum absolute atomic E-state index is 11.9. The first-order chi connectivity index (χ1) is 12.9. The largest absolute Gasteiger partial charge is 0.285 e. The van der Waals surface area contributed by atoms with Crippen LogP contribution in [0.2, 0.25) is 0 Å². The molecule has 1 radical (unpaired) electrons. The number of rotatable bonds is 4. The molecule has 0 amide bonds. The van der Waals surface area contributed by atoms with Crippen molar-refractivity contribution in [3.8, 4) is 33.4 Å². The second kappa shape index (κ2) is 7.20. The summed E-state index contributed by atoms with van der Waals surface area (Å²) in [4.78, 5) is 11.9. The standard InChI is InChI=1S/C25H17O/c26-18-25-23(20-12-6-2-7-13-20)16-22(19-10-4-1-5-11-19)17-24(25)21-14-8-3-9-15-21/h1-17H. The topological polar surface area (TPSA) is 17.1 Å². The van der Waals surface area contributed by atoms with Gasteiger partial charge in [0.15, 0.2) is 0 Å². The molecule has 123 valence electrons. The van der Waals surface area contributed by atoms with Gasteiger partial charge in [0.05, 0.1) is 0 Å². The molecule has 0 heterocycles. The molecule has 1 heteroatoms. The van der Waals surface area contributed by atoms with Gasteiger partial charge in [-0.25, -0.2) is 0 Å². The first-order valence-electron chi connectivity index (χ1n) is 8.59. The molecule has 0 aromatic heterocycles. The monoisotopic (exact) mass is 333 g/mol. The number of hydrogen-bond acceptors (Lipinski definition) is 1. The van der Waals surface area contributed by atoms with Crippen LogP contribution in [0, 0.1) is 0 Å². The van der Waals surface area contributed by atoms with E-state index in [0.717, 1.165) is 33.4 Å². The second-order valence-electron chi connectivity index (χ2n) is 6.15. The number of carbonyl (C=O) groups excluding carboxylic acids is 1. The van der Waals surface area contributed by atoms with Gasteiger partial charge in [-0.1, -0.05) is 91.0 Å². The van der Waals surface area contributed by atoms with Gasteiger partial charge in [0.1, 0.15) is 0 Å². The van der Waals surface area contributed by atoms with Crippen molar-refractivity contribution in [1.82, 2.24) is 0 Å². The zero-order valence-electron chi connectivity index (χ0n) is 14.2. The van der Waals surface area contributed by atoms with E-state index in [1.165, 1.54) is 0 Å². The van der Waals surface area contributed by atoms with Crippen LogP contribution in [0.25, 0.3) is 33.4 Å². The molecule has 0 atom stereocenters. The van der Waals surface area contributed by atoms with Crippen molar-refractivity contribution in [2.45, 2.75) is 0 Å². The van der Waals surface area contributed by atoms with Gasteiger partial charge in [-0.3, -0.25) is 4.79 Å². The molecule has 0 fully saturated rings. The zero-order chi connectivity index (χ0) is 17.8. The second-order valence-corrected chi connectivity index (χ2v) is 6.15. The lowest BCUT2D eigenvalue weighted by Gasteiger charge is -2.14. The minimum absolute atomic E-state index is 0.599. The molecule has 0 saturated carbocycles. The van der Waals surface area contributed by atoms with Crippen molar-refractivity contribution in [3.63, 3.8) is 0 Å². The van der Waals surface area contributed by atoms with Crippen LogP contribution in [-0.2, 0) is 4.79 Å². The highest BCUT2D eigenvalue weighted by molar-refractivity contribution is 5.99. The molecule has 0 aliphatic rings. The van der Waals surface area contributed by atoms with E-state index in [0.29, 0.717) is 5.56 Å². The van der Waals surface area contributed by atoms with Crippen LogP contribution >= 0.6 is 0 Å². The minimum Gasteiger partial charge on any atom is -0.285 e. The lowest BCUT2D eigenvalue weighted by molar-refractivity contribution is 0.563. The Morgan fingerprint density at radius 2 is 0.846 bits per heavy atom. The predicted molar refractivity (Wildman–Crippen MR) is 108 cm³/mol. The third-order valence-electron chi connectivity index (χ3n) is 4.52. The van der Waals surface area contributed by atoms with Crippen LogP contribution in [0.15, 0.2) is 103 Å². The van der Waals surface area contributed by atoms with Crippen molar-refractivity contribution in [2.24, 2.45) is 0 Å². The molecular formula is C25H17O. The zero-order valence-corrected chi connectivity index (χ0v) is 14.2. The lowest BCUT2D eigenvalue weighted by Crippen LogP contribution is -1.95. The van der Waals surface area contributed by atoms with Crippen LogP contribution in [0.5, 0.6) is 0 Å². The van der Waals surface area contributed by atoms with Crippen LogP contribution in [0.1, 0.15) is 5.56 Å². The normalized spacial score (nSPS) is 10.5. The van der Waals surface area contributed by atoms with Gasteiger partial charge in [-0.05, 0) is 45.5 Å². The molecule has 0 bridgehead atoms. The van der Waals surface area contributed by atoms with Crippen molar-refractivity contribution in [3.05, 3.63) is 109 Å². The molecule has 0 N–H and O–H groups in total. The summed E-state index contributed by atoms with van der Waals surface area (Å²) in [5.74, 6) is 0. The Morgan fingerprint density at radius 3 is 1.23 bits per heavy atom. The van der Waals surface area contributed by atoms with Crippen molar-refractivity contribution >= 4 is 6.29 Å². The highest BCUT2D eigenvalue weighted by atomic mass is 16.1. The highest BCUT2D eigenvalue weighted by Gasteiger charge is 2.15. The third kappa shape index (κ3) is 3.07. The molecule has 4 aromatic rings. The molecule has 0 aliphatic heterocycles. The maximum Gasteiger partial charge on any atom is 0.234 e. The third-order valence-corrected chi connectivity index (χ3v) is 4.52. The average Bonchev–Trinajstić information content (AvgIpc) is 2.74. The Bertz CT molecular complexity index is 959. The van der Waals surface area contributed by atoms with E-state index in [2.05, 4.69) is 30.6 Å². The van der Waals surface area contributed by atoms with Gasteiger partial charge in [0.25, 0.3) is 0 Å². The molecule has 0 unspecified atom stereocenters.